The molecule has 0 radical (unpaired) electrons. The summed E-state index contributed by atoms with van der Waals surface area (Å²) < 4.78 is 0. The minimum Gasteiger partial charge on any atom is -0.310 e. The predicted octanol–water partition coefficient (Wildman–Crippen LogP) is 2.73. The lowest BCUT2D eigenvalue weighted by Gasteiger charge is -2.41. The van der Waals surface area contributed by atoms with E-state index in [-0.39, 0.29) is 0 Å². The zero-order valence-electron chi connectivity index (χ0n) is 11.8. The monoisotopic (exact) mass is 256 g/mol. The molecule has 2 nitrogen and oxygen atoms in total. The zero-order valence-corrected chi connectivity index (χ0v) is 12.6. The van der Waals surface area contributed by atoms with Crippen LogP contribution in [0, 0.1) is 0 Å². The number of likely N-dealkylation sites (tertiary alicyclic amines) is 1. The van der Waals surface area contributed by atoms with Crippen molar-refractivity contribution in [2.45, 2.75) is 69.8 Å². The van der Waals surface area contributed by atoms with E-state index in [1.807, 2.05) is 0 Å². The third-order valence-corrected chi connectivity index (χ3v) is 5.47. The van der Waals surface area contributed by atoms with Gasteiger partial charge in [-0.3, -0.25) is 4.90 Å². The highest BCUT2D eigenvalue weighted by Crippen LogP contribution is 2.27. The van der Waals surface area contributed by atoms with Gasteiger partial charge in [0.05, 0.1) is 0 Å². The number of piperidine rings is 1. The molecule has 3 heteroatoms. The molecule has 1 N–H and O–H groups in total. The molecular weight excluding hydrogens is 228 g/mol. The fourth-order valence-corrected chi connectivity index (χ4v) is 4.15. The molecule has 2 rings (SSSR count). The second-order valence-electron chi connectivity index (χ2n) is 6.68. The Morgan fingerprint density at radius 1 is 1.12 bits per heavy atom. The van der Waals surface area contributed by atoms with E-state index in [9.17, 15) is 0 Å². The van der Waals surface area contributed by atoms with Crippen molar-refractivity contribution in [2.24, 2.45) is 0 Å². The van der Waals surface area contributed by atoms with Crippen molar-refractivity contribution in [3.8, 4) is 0 Å². The largest absolute Gasteiger partial charge is 0.310 e. The number of nitrogens with one attached hydrogen (secondary N) is 1. The Balaban J connectivity index is 1.72. The van der Waals surface area contributed by atoms with Crippen LogP contribution in [0.5, 0.6) is 0 Å². The summed E-state index contributed by atoms with van der Waals surface area (Å²) in [5.74, 6) is 1.32. The minimum absolute atomic E-state index is 0.350. The van der Waals surface area contributed by atoms with Gasteiger partial charge in [0.2, 0.25) is 0 Å². The third-order valence-electron chi connectivity index (χ3n) is 4.11. The maximum absolute atomic E-state index is 3.87. The van der Waals surface area contributed by atoms with Gasteiger partial charge in [0.25, 0.3) is 0 Å². The first kappa shape index (κ1) is 13.7. The van der Waals surface area contributed by atoms with Crippen LogP contribution in [0.3, 0.4) is 0 Å². The molecule has 0 amide bonds. The van der Waals surface area contributed by atoms with Gasteiger partial charge >= 0.3 is 0 Å². The summed E-state index contributed by atoms with van der Waals surface area (Å²) >= 11 is 2.13. The number of thioether (sulfide) groups is 1. The predicted molar refractivity (Wildman–Crippen MR) is 77.8 cm³/mol. The molecule has 0 saturated carbocycles. The van der Waals surface area contributed by atoms with E-state index in [2.05, 4.69) is 49.7 Å². The Hall–Kier alpha value is 0.270. The molecule has 0 aromatic heterocycles. The number of nitrogens with zero attached hydrogens (tertiary/aromatic N) is 1. The maximum atomic E-state index is 3.87. The Morgan fingerprint density at radius 2 is 1.76 bits per heavy atom. The van der Waals surface area contributed by atoms with Crippen LogP contribution >= 0.6 is 11.8 Å². The van der Waals surface area contributed by atoms with Crippen LogP contribution in [-0.4, -0.2) is 46.6 Å². The molecule has 0 aromatic carbocycles. The summed E-state index contributed by atoms with van der Waals surface area (Å²) in [6, 6.07) is 1.55. The lowest BCUT2D eigenvalue weighted by atomic mass is 9.97. The average molecular weight is 256 g/mol. The normalized spacial score (nSPS) is 33.2. The summed E-state index contributed by atoms with van der Waals surface area (Å²) in [5.41, 5.74) is 0.350. The topological polar surface area (TPSA) is 15.3 Å². The van der Waals surface area contributed by atoms with Crippen molar-refractivity contribution in [3.63, 3.8) is 0 Å². The molecule has 2 heterocycles. The van der Waals surface area contributed by atoms with Crippen molar-refractivity contribution in [1.82, 2.24) is 10.2 Å². The highest BCUT2D eigenvalue weighted by atomic mass is 32.2. The molecule has 0 bridgehead atoms. The van der Waals surface area contributed by atoms with E-state index in [0.717, 1.165) is 17.3 Å². The van der Waals surface area contributed by atoms with Gasteiger partial charge in [0.1, 0.15) is 0 Å². The molecule has 2 aliphatic heterocycles. The second-order valence-corrected chi connectivity index (χ2v) is 8.15. The molecule has 2 aliphatic rings. The highest BCUT2D eigenvalue weighted by Gasteiger charge is 2.29. The van der Waals surface area contributed by atoms with Crippen LogP contribution in [0.15, 0.2) is 0 Å². The van der Waals surface area contributed by atoms with Crippen LogP contribution in [0.1, 0.15) is 47.0 Å². The Bertz CT molecular complexity index is 241. The molecule has 0 spiro atoms. The summed E-state index contributed by atoms with van der Waals surface area (Å²) in [4.78, 5) is 2.62. The van der Waals surface area contributed by atoms with Crippen molar-refractivity contribution in [1.29, 1.82) is 0 Å². The third kappa shape index (κ3) is 3.87. The molecule has 2 atom stereocenters. The average Bonchev–Trinajstić information content (AvgIpc) is 2.63. The minimum atomic E-state index is 0.350. The lowest BCUT2D eigenvalue weighted by Crippen LogP contribution is -2.51. The van der Waals surface area contributed by atoms with Gasteiger partial charge in [-0.15, -0.1) is 0 Å². The molecule has 0 aliphatic carbocycles. The van der Waals surface area contributed by atoms with Crippen molar-refractivity contribution < 1.29 is 0 Å². The van der Waals surface area contributed by atoms with Gasteiger partial charge in [0.15, 0.2) is 0 Å². The van der Waals surface area contributed by atoms with Crippen molar-refractivity contribution in [3.05, 3.63) is 0 Å². The molecule has 2 fully saturated rings. The summed E-state index contributed by atoms with van der Waals surface area (Å²) in [7, 11) is 0. The fraction of sp³-hybridized carbons (Fsp3) is 1.00. The molecule has 2 saturated heterocycles. The van der Waals surface area contributed by atoms with Crippen LogP contribution in [0.25, 0.3) is 0 Å². The van der Waals surface area contributed by atoms with E-state index in [1.54, 1.807) is 0 Å². The number of rotatable bonds is 2. The Morgan fingerprint density at radius 3 is 2.24 bits per heavy atom. The van der Waals surface area contributed by atoms with E-state index in [4.69, 9.17) is 0 Å². The molecular formula is C14H28N2S. The Kier molecular flexibility index (Phi) is 4.43. The maximum Gasteiger partial charge on any atom is 0.0171 e. The molecule has 100 valence electrons. The molecule has 2 unspecified atom stereocenters. The fourth-order valence-electron chi connectivity index (χ4n) is 2.98. The first-order chi connectivity index (χ1) is 7.95. The number of hydrogen-bond donors (Lipinski definition) is 1. The lowest BCUT2D eigenvalue weighted by molar-refractivity contribution is 0.0943. The second kappa shape index (κ2) is 5.50. The number of hydrogen-bond acceptors (Lipinski definition) is 3. The van der Waals surface area contributed by atoms with E-state index >= 15 is 0 Å². The van der Waals surface area contributed by atoms with Gasteiger partial charge in [0, 0.05) is 41.7 Å². The van der Waals surface area contributed by atoms with Gasteiger partial charge in [-0.05, 0) is 40.0 Å². The zero-order chi connectivity index (χ0) is 12.5. The van der Waals surface area contributed by atoms with Gasteiger partial charge < -0.3 is 5.32 Å². The molecule has 17 heavy (non-hydrogen) atoms. The standard InChI is InChI=1S/C14H28N2S/c1-11-9-13(10-17-11)15-12-5-7-16(8-6-12)14(2,3)4/h11-13,15H,5-10H2,1-4H3. The van der Waals surface area contributed by atoms with E-state index < -0.39 is 0 Å². The summed E-state index contributed by atoms with van der Waals surface area (Å²) in [6.07, 6.45) is 4.02. The van der Waals surface area contributed by atoms with Crippen LogP contribution < -0.4 is 5.32 Å². The molecule has 0 aromatic rings. The quantitative estimate of drug-likeness (QED) is 0.818. The van der Waals surface area contributed by atoms with Crippen LogP contribution in [-0.2, 0) is 0 Å². The van der Waals surface area contributed by atoms with Crippen LogP contribution in [0.2, 0.25) is 0 Å². The van der Waals surface area contributed by atoms with Crippen LogP contribution in [0.4, 0.5) is 0 Å². The van der Waals surface area contributed by atoms with Gasteiger partial charge in [-0.1, -0.05) is 6.92 Å². The first-order valence-corrected chi connectivity index (χ1v) is 8.13. The Labute approximate surface area is 111 Å². The summed E-state index contributed by atoms with van der Waals surface area (Å²) in [6.45, 7) is 11.9. The highest BCUT2D eigenvalue weighted by molar-refractivity contribution is 8.00. The van der Waals surface area contributed by atoms with Crippen molar-refractivity contribution in [2.75, 3.05) is 18.8 Å². The van der Waals surface area contributed by atoms with E-state index in [1.165, 1.54) is 38.1 Å². The first-order valence-electron chi connectivity index (χ1n) is 7.08. The van der Waals surface area contributed by atoms with Gasteiger partial charge in [-0.25, -0.2) is 0 Å². The van der Waals surface area contributed by atoms with E-state index in [0.29, 0.717) is 5.54 Å². The smallest absolute Gasteiger partial charge is 0.0171 e. The SMILES string of the molecule is CC1CC(NC2CCN(C(C)(C)C)CC2)CS1. The summed E-state index contributed by atoms with van der Waals surface area (Å²) in [5, 5.41) is 4.74. The van der Waals surface area contributed by atoms with Crippen molar-refractivity contribution >= 4 is 11.8 Å². The van der Waals surface area contributed by atoms with Gasteiger partial charge in [-0.2, -0.15) is 11.8 Å².